The number of ether oxygens (including phenoxy) is 1. The van der Waals surface area contributed by atoms with Gasteiger partial charge < -0.3 is 20.3 Å². The van der Waals surface area contributed by atoms with Crippen molar-refractivity contribution in [2.45, 2.75) is 71.4 Å². The lowest BCUT2D eigenvalue weighted by Gasteiger charge is -2.40. The molecule has 0 radical (unpaired) electrons. The summed E-state index contributed by atoms with van der Waals surface area (Å²) in [5.74, 6) is -2.98. The molecule has 2 N–H and O–H groups in total. The Morgan fingerprint density at radius 2 is 1.74 bits per heavy atom. The average molecular weight is 600 g/mol. The Balaban J connectivity index is 1.50. The number of rotatable bonds is 6. The summed E-state index contributed by atoms with van der Waals surface area (Å²) < 4.78 is 32.9. The monoisotopic (exact) mass is 599 g/mol. The van der Waals surface area contributed by atoms with Crippen LogP contribution in [0, 0.1) is 6.92 Å². The molecule has 8 nitrogen and oxygen atoms in total. The number of alkyl carbamates (subject to hydrolysis) is 1. The third-order valence-electron chi connectivity index (χ3n) is 7.05. The first-order chi connectivity index (χ1) is 19.5. The Hall–Kier alpha value is -3.79. The number of carbonyl (C=O) groups is 2. The highest BCUT2D eigenvalue weighted by atomic mass is 35.5. The molecule has 3 heterocycles. The first-order valence-corrected chi connectivity index (χ1v) is 14.1. The number of nitrogens with zero attached hydrogens (tertiary/aromatic N) is 3. The number of amides is 2. The molecule has 0 atom stereocenters. The molecule has 0 unspecified atom stereocenters. The first kappa shape index (κ1) is 31.2. The number of pyridine rings is 2. The second-order valence-electron chi connectivity index (χ2n) is 12.0. The van der Waals surface area contributed by atoms with E-state index in [1.54, 1.807) is 12.1 Å². The Morgan fingerprint density at radius 3 is 2.38 bits per heavy atom. The van der Waals surface area contributed by atoms with Crippen molar-refractivity contribution in [1.29, 1.82) is 0 Å². The topological polar surface area (TPSA) is 96.5 Å². The van der Waals surface area contributed by atoms with E-state index in [0.29, 0.717) is 42.6 Å². The van der Waals surface area contributed by atoms with Crippen LogP contribution in [0.2, 0.25) is 5.15 Å². The van der Waals surface area contributed by atoms with Crippen molar-refractivity contribution < 1.29 is 23.1 Å². The van der Waals surface area contributed by atoms with Crippen molar-refractivity contribution in [2.24, 2.45) is 0 Å². The van der Waals surface area contributed by atoms with Crippen LogP contribution >= 0.6 is 11.6 Å². The van der Waals surface area contributed by atoms with Crippen LogP contribution in [0.15, 0.2) is 48.7 Å². The summed E-state index contributed by atoms with van der Waals surface area (Å²) in [5.41, 5.74) is 1.72. The summed E-state index contributed by atoms with van der Waals surface area (Å²) in [6, 6.07) is 11.6. The highest BCUT2D eigenvalue weighted by Crippen LogP contribution is 2.33. The third-order valence-corrected chi connectivity index (χ3v) is 7.25. The van der Waals surface area contributed by atoms with Crippen molar-refractivity contribution in [3.8, 4) is 11.1 Å². The van der Waals surface area contributed by atoms with Gasteiger partial charge in [0.2, 0.25) is 0 Å². The number of aryl methyl sites for hydroxylation is 1. The molecule has 0 bridgehead atoms. The van der Waals surface area contributed by atoms with Crippen molar-refractivity contribution in [2.75, 3.05) is 23.3 Å². The van der Waals surface area contributed by atoms with Crippen LogP contribution in [0.4, 0.5) is 25.1 Å². The van der Waals surface area contributed by atoms with Crippen molar-refractivity contribution >= 4 is 35.1 Å². The number of anilines is 2. The van der Waals surface area contributed by atoms with E-state index in [2.05, 4.69) is 25.5 Å². The number of halogens is 3. The zero-order valence-electron chi connectivity index (χ0n) is 24.6. The normalized spacial score (nSPS) is 15.2. The van der Waals surface area contributed by atoms with Crippen LogP contribution in [0.1, 0.15) is 69.1 Å². The summed E-state index contributed by atoms with van der Waals surface area (Å²) in [6.45, 7) is 11.5. The Bertz CT molecular complexity index is 1480. The standard InChI is InChI=1S/C31H36ClF2N5O3/c1-19-7-8-22(36-27(40)20-9-12-35-24(15-20)31(6,33)34)18-23(19)21-16-25(32)37-26(17-21)39-13-10-30(5,11-14-39)38-28(41)42-29(2,3)4/h7-9,12,15-18H,10-11,13-14H2,1-6H3,(H,36,40)(H,38,41). The van der Waals surface area contributed by atoms with Gasteiger partial charge in [0.1, 0.15) is 22.3 Å². The molecule has 1 aliphatic rings. The van der Waals surface area contributed by atoms with Gasteiger partial charge in [-0.3, -0.25) is 9.78 Å². The van der Waals surface area contributed by atoms with Gasteiger partial charge in [0.15, 0.2) is 0 Å². The molecule has 11 heteroatoms. The minimum Gasteiger partial charge on any atom is -0.444 e. The Kier molecular flexibility index (Phi) is 8.78. The second-order valence-corrected chi connectivity index (χ2v) is 12.4. The lowest BCUT2D eigenvalue weighted by molar-refractivity contribution is 0.0127. The van der Waals surface area contributed by atoms with Crippen molar-refractivity contribution in [3.05, 3.63) is 70.6 Å². The third kappa shape index (κ3) is 7.94. The number of aromatic nitrogens is 2. The van der Waals surface area contributed by atoms with Crippen LogP contribution in [-0.2, 0) is 10.7 Å². The molecule has 224 valence electrons. The van der Waals surface area contributed by atoms with Gasteiger partial charge in [-0.25, -0.2) is 9.78 Å². The van der Waals surface area contributed by atoms with Gasteiger partial charge in [-0.1, -0.05) is 17.7 Å². The number of piperidine rings is 1. The van der Waals surface area contributed by atoms with Crippen LogP contribution in [0.3, 0.4) is 0 Å². The van der Waals surface area contributed by atoms with Gasteiger partial charge in [0.25, 0.3) is 11.8 Å². The summed E-state index contributed by atoms with van der Waals surface area (Å²) in [6.07, 6.45) is 2.14. The quantitative estimate of drug-likeness (QED) is 0.288. The molecule has 0 spiro atoms. The second kappa shape index (κ2) is 11.8. The Labute approximate surface area is 249 Å². The lowest BCUT2D eigenvalue weighted by Crippen LogP contribution is -2.54. The molecule has 3 aromatic rings. The van der Waals surface area contributed by atoms with Crippen LogP contribution in [0.25, 0.3) is 11.1 Å². The maximum atomic E-state index is 13.7. The molecular formula is C31H36ClF2N5O3. The van der Waals surface area contributed by atoms with E-state index in [1.807, 2.05) is 52.8 Å². The maximum absolute atomic E-state index is 13.7. The molecule has 1 saturated heterocycles. The van der Waals surface area contributed by atoms with Gasteiger partial charge in [-0.05, 0) is 101 Å². The van der Waals surface area contributed by atoms with Gasteiger partial charge in [0, 0.05) is 43.0 Å². The van der Waals surface area contributed by atoms with E-state index in [9.17, 15) is 18.4 Å². The fraction of sp³-hybridized carbons (Fsp3) is 0.419. The number of nitrogens with one attached hydrogen (secondary N) is 2. The SMILES string of the molecule is Cc1ccc(NC(=O)c2ccnc(C(C)(F)F)c2)cc1-c1cc(Cl)nc(N2CCC(C)(NC(=O)OC(C)(C)C)CC2)c1. The van der Waals surface area contributed by atoms with E-state index in [4.69, 9.17) is 16.3 Å². The number of alkyl halides is 2. The largest absolute Gasteiger partial charge is 0.444 e. The maximum Gasteiger partial charge on any atom is 0.408 e. The van der Waals surface area contributed by atoms with E-state index in [0.717, 1.165) is 29.7 Å². The molecular weight excluding hydrogens is 564 g/mol. The van der Waals surface area contributed by atoms with Gasteiger partial charge in [-0.15, -0.1) is 0 Å². The molecule has 2 amide bonds. The number of benzene rings is 1. The Morgan fingerprint density at radius 1 is 1.05 bits per heavy atom. The summed E-state index contributed by atoms with van der Waals surface area (Å²) in [7, 11) is 0. The van der Waals surface area contributed by atoms with E-state index in [-0.39, 0.29) is 5.56 Å². The van der Waals surface area contributed by atoms with E-state index < -0.39 is 34.8 Å². The predicted molar refractivity (Wildman–Crippen MR) is 160 cm³/mol. The lowest BCUT2D eigenvalue weighted by atomic mass is 9.89. The molecule has 0 saturated carbocycles. The summed E-state index contributed by atoms with van der Waals surface area (Å²) in [4.78, 5) is 35.6. The summed E-state index contributed by atoms with van der Waals surface area (Å²) >= 11 is 6.47. The minimum absolute atomic E-state index is 0.0798. The number of hydrogen-bond acceptors (Lipinski definition) is 6. The van der Waals surface area contributed by atoms with Gasteiger partial charge in [-0.2, -0.15) is 8.78 Å². The van der Waals surface area contributed by atoms with Gasteiger partial charge in [0.05, 0.1) is 0 Å². The van der Waals surface area contributed by atoms with E-state index in [1.165, 1.54) is 12.3 Å². The molecule has 1 aromatic carbocycles. The molecule has 0 aliphatic carbocycles. The fourth-order valence-electron chi connectivity index (χ4n) is 4.73. The first-order valence-electron chi connectivity index (χ1n) is 13.7. The highest BCUT2D eigenvalue weighted by molar-refractivity contribution is 6.29. The van der Waals surface area contributed by atoms with E-state index >= 15 is 0 Å². The van der Waals surface area contributed by atoms with Crippen LogP contribution < -0.4 is 15.5 Å². The molecule has 2 aromatic heterocycles. The molecule has 1 fully saturated rings. The van der Waals surface area contributed by atoms with Crippen molar-refractivity contribution in [1.82, 2.24) is 15.3 Å². The van der Waals surface area contributed by atoms with Crippen LogP contribution in [0.5, 0.6) is 0 Å². The minimum atomic E-state index is -3.16. The number of carbonyl (C=O) groups excluding carboxylic acids is 2. The molecule has 42 heavy (non-hydrogen) atoms. The zero-order valence-corrected chi connectivity index (χ0v) is 25.4. The molecule has 4 rings (SSSR count). The smallest absolute Gasteiger partial charge is 0.408 e. The van der Waals surface area contributed by atoms with Crippen LogP contribution in [-0.4, -0.2) is 46.2 Å². The fourth-order valence-corrected chi connectivity index (χ4v) is 4.93. The predicted octanol–water partition coefficient (Wildman–Crippen LogP) is 7.35. The zero-order chi connectivity index (χ0) is 30.9. The van der Waals surface area contributed by atoms with Crippen molar-refractivity contribution in [3.63, 3.8) is 0 Å². The van der Waals surface area contributed by atoms with Gasteiger partial charge >= 0.3 is 6.09 Å². The highest BCUT2D eigenvalue weighted by Gasteiger charge is 2.34. The molecule has 1 aliphatic heterocycles. The number of hydrogen-bond donors (Lipinski definition) is 2. The summed E-state index contributed by atoms with van der Waals surface area (Å²) in [5, 5.41) is 6.13. The average Bonchev–Trinajstić information content (AvgIpc) is 2.88.